The van der Waals surface area contributed by atoms with Gasteiger partial charge in [-0.25, -0.2) is 4.98 Å². The number of anilines is 1. The molecule has 1 unspecified atom stereocenters. The standard InChI is InChI=1S/C17H26N4O2/c18-16(14-5-9-23-10-6-14)17(22)20-12-13-3-4-15(19-11-13)21-7-1-2-8-21/h3-4,11,14,16H,1-2,5-10,12,18H2,(H,20,22). The molecule has 2 saturated heterocycles. The van der Waals surface area contributed by atoms with Gasteiger partial charge in [0, 0.05) is 39.0 Å². The number of pyridine rings is 1. The quantitative estimate of drug-likeness (QED) is 0.848. The molecule has 1 aromatic heterocycles. The molecule has 126 valence electrons. The zero-order valence-corrected chi connectivity index (χ0v) is 13.5. The lowest BCUT2D eigenvalue weighted by molar-refractivity contribution is -0.124. The molecule has 1 amide bonds. The Hall–Kier alpha value is -1.66. The Morgan fingerprint density at radius 2 is 2.09 bits per heavy atom. The number of nitrogens with one attached hydrogen (secondary N) is 1. The van der Waals surface area contributed by atoms with Crippen molar-refractivity contribution in [3.05, 3.63) is 23.9 Å². The molecule has 1 atom stereocenters. The predicted molar refractivity (Wildman–Crippen MR) is 89.0 cm³/mol. The van der Waals surface area contributed by atoms with Gasteiger partial charge in [-0.1, -0.05) is 6.07 Å². The van der Waals surface area contributed by atoms with E-state index in [4.69, 9.17) is 10.5 Å². The summed E-state index contributed by atoms with van der Waals surface area (Å²) in [6.07, 6.45) is 6.04. The summed E-state index contributed by atoms with van der Waals surface area (Å²) in [5.74, 6) is 1.16. The van der Waals surface area contributed by atoms with Gasteiger partial charge in [0.05, 0.1) is 6.04 Å². The lowest BCUT2D eigenvalue weighted by Gasteiger charge is -2.26. The third-order valence-corrected chi connectivity index (χ3v) is 4.78. The highest BCUT2D eigenvalue weighted by Crippen LogP contribution is 2.19. The molecule has 2 aliphatic rings. The Morgan fingerprint density at radius 1 is 1.35 bits per heavy atom. The van der Waals surface area contributed by atoms with Crippen molar-refractivity contribution in [1.82, 2.24) is 10.3 Å². The van der Waals surface area contributed by atoms with Gasteiger partial charge in [-0.05, 0) is 43.2 Å². The minimum atomic E-state index is -0.448. The van der Waals surface area contributed by atoms with Crippen LogP contribution in [0.2, 0.25) is 0 Å². The fraction of sp³-hybridized carbons (Fsp3) is 0.647. The molecular formula is C17H26N4O2. The first-order valence-corrected chi connectivity index (χ1v) is 8.55. The van der Waals surface area contributed by atoms with E-state index in [1.807, 2.05) is 18.3 Å². The average molecular weight is 318 g/mol. The van der Waals surface area contributed by atoms with E-state index in [9.17, 15) is 4.79 Å². The number of carbonyl (C=O) groups excluding carboxylic acids is 1. The first-order chi connectivity index (χ1) is 11.2. The molecule has 1 aromatic rings. The minimum Gasteiger partial charge on any atom is -0.381 e. The highest BCUT2D eigenvalue weighted by molar-refractivity contribution is 5.81. The zero-order valence-electron chi connectivity index (χ0n) is 13.5. The van der Waals surface area contributed by atoms with Crippen LogP contribution < -0.4 is 16.0 Å². The van der Waals surface area contributed by atoms with Gasteiger partial charge in [-0.3, -0.25) is 4.79 Å². The maximum Gasteiger partial charge on any atom is 0.237 e. The molecule has 0 spiro atoms. The van der Waals surface area contributed by atoms with E-state index >= 15 is 0 Å². The summed E-state index contributed by atoms with van der Waals surface area (Å²) in [6, 6.07) is 3.61. The molecule has 3 rings (SSSR count). The highest BCUT2D eigenvalue weighted by Gasteiger charge is 2.26. The van der Waals surface area contributed by atoms with Gasteiger partial charge in [0.1, 0.15) is 5.82 Å². The molecule has 0 saturated carbocycles. The lowest BCUT2D eigenvalue weighted by atomic mass is 9.92. The first-order valence-electron chi connectivity index (χ1n) is 8.55. The van der Waals surface area contributed by atoms with Crippen molar-refractivity contribution in [3.8, 4) is 0 Å². The van der Waals surface area contributed by atoms with Gasteiger partial charge in [0.15, 0.2) is 0 Å². The maximum atomic E-state index is 12.2. The molecule has 6 nitrogen and oxygen atoms in total. The smallest absolute Gasteiger partial charge is 0.237 e. The largest absolute Gasteiger partial charge is 0.381 e. The van der Waals surface area contributed by atoms with Crippen LogP contribution in [0.5, 0.6) is 0 Å². The van der Waals surface area contributed by atoms with Crippen LogP contribution in [0.25, 0.3) is 0 Å². The van der Waals surface area contributed by atoms with Crippen molar-refractivity contribution < 1.29 is 9.53 Å². The first kappa shape index (κ1) is 16.2. The zero-order chi connectivity index (χ0) is 16.1. The van der Waals surface area contributed by atoms with Crippen molar-refractivity contribution in [3.63, 3.8) is 0 Å². The third-order valence-electron chi connectivity index (χ3n) is 4.78. The molecule has 0 bridgehead atoms. The van der Waals surface area contributed by atoms with E-state index in [0.717, 1.165) is 37.3 Å². The normalized spacial score (nSPS) is 20.5. The second kappa shape index (κ2) is 7.75. The summed E-state index contributed by atoms with van der Waals surface area (Å²) < 4.78 is 5.31. The van der Waals surface area contributed by atoms with Gasteiger partial charge in [-0.15, -0.1) is 0 Å². The molecule has 23 heavy (non-hydrogen) atoms. The van der Waals surface area contributed by atoms with E-state index in [1.165, 1.54) is 12.8 Å². The number of ether oxygens (including phenoxy) is 1. The highest BCUT2D eigenvalue weighted by atomic mass is 16.5. The Bertz CT molecular complexity index is 508. The minimum absolute atomic E-state index is 0.0829. The molecular weight excluding hydrogens is 292 g/mol. The maximum absolute atomic E-state index is 12.2. The topological polar surface area (TPSA) is 80.5 Å². The van der Waals surface area contributed by atoms with E-state index in [1.54, 1.807) is 0 Å². The van der Waals surface area contributed by atoms with Crippen LogP contribution in [-0.4, -0.2) is 43.2 Å². The van der Waals surface area contributed by atoms with Crippen molar-refractivity contribution in [2.24, 2.45) is 11.7 Å². The molecule has 0 radical (unpaired) electrons. The molecule has 0 aromatic carbocycles. The van der Waals surface area contributed by atoms with Crippen LogP contribution in [0.1, 0.15) is 31.2 Å². The molecule has 3 N–H and O–H groups in total. The Labute approximate surface area is 137 Å². The SMILES string of the molecule is NC(C(=O)NCc1ccc(N2CCCC2)nc1)C1CCOCC1. The van der Waals surface area contributed by atoms with Crippen LogP contribution in [0.4, 0.5) is 5.82 Å². The number of nitrogens with zero attached hydrogens (tertiary/aromatic N) is 2. The summed E-state index contributed by atoms with van der Waals surface area (Å²) in [4.78, 5) is 19.0. The Balaban J connectivity index is 1.48. The van der Waals surface area contributed by atoms with Crippen molar-refractivity contribution in [2.45, 2.75) is 38.3 Å². The number of carbonyl (C=O) groups is 1. The van der Waals surface area contributed by atoms with Crippen molar-refractivity contribution in [2.75, 3.05) is 31.2 Å². The molecule has 0 aliphatic carbocycles. The number of aromatic nitrogens is 1. The fourth-order valence-electron chi connectivity index (χ4n) is 3.25. The molecule has 2 aliphatic heterocycles. The number of amides is 1. The van der Waals surface area contributed by atoms with E-state index in [2.05, 4.69) is 15.2 Å². The van der Waals surface area contributed by atoms with Crippen LogP contribution >= 0.6 is 0 Å². The van der Waals surface area contributed by atoms with Crippen LogP contribution in [0.3, 0.4) is 0 Å². The van der Waals surface area contributed by atoms with Gasteiger partial charge in [0.2, 0.25) is 5.91 Å². The third kappa shape index (κ3) is 4.20. The van der Waals surface area contributed by atoms with Gasteiger partial charge < -0.3 is 20.7 Å². The second-order valence-electron chi connectivity index (χ2n) is 6.41. The lowest BCUT2D eigenvalue weighted by Crippen LogP contribution is -2.46. The summed E-state index contributed by atoms with van der Waals surface area (Å²) >= 11 is 0. The predicted octanol–water partition coefficient (Wildman–Crippen LogP) is 1.05. The van der Waals surface area contributed by atoms with E-state index in [-0.39, 0.29) is 11.8 Å². The van der Waals surface area contributed by atoms with Gasteiger partial charge in [-0.2, -0.15) is 0 Å². The van der Waals surface area contributed by atoms with Crippen LogP contribution in [-0.2, 0) is 16.1 Å². The van der Waals surface area contributed by atoms with E-state index in [0.29, 0.717) is 19.8 Å². The average Bonchev–Trinajstić information content (AvgIpc) is 3.15. The second-order valence-corrected chi connectivity index (χ2v) is 6.41. The molecule has 3 heterocycles. The van der Waals surface area contributed by atoms with Crippen molar-refractivity contribution in [1.29, 1.82) is 0 Å². The van der Waals surface area contributed by atoms with Crippen molar-refractivity contribution >= 4 is 11.7 Å². The Morgan fingerprint density at radius 3 is 2.74 bits per heavy atom. The summed E-state index contributed by atoms with van der Waals surface area (Å²) in [6.45, 7) is 4.05. The van der Waals surface area contributed by atoms with E-state index < -0.39 is 6.04 Å². The summed E-state index contributed by atoms with van der Waals surface area (Å²) in [7, 11) is 0. The van der Waals surface area contributed by atoms with Gasteiger partial charge >= 0.3 is 0 Å². The summed E-state index contributed by atoms with van der Waals surface area (Å²) in [5, 5.41) is 2.93. The number of rotatable bonds is 5. The van der Waals surface area contributed by atoms with Crippen LogP contribution in [0.15, 0.2) is 18.3 Å². The number of hydrogen-bond acceptors (Lipinski definition) is 5. The number of hydrogen-bond donors (Lipinski definition) is 2. The molecule has 6 heteroatoms. The molecule has 2 fully saturated rings. The van der Waals surface area contributed by atoms with Gasteiger partial charge in [0.25, 0.3) is 0 Å². The monoisotopic (exact) mass is 318 g/mol. The number of nitrogens with two attached hydrogens (primary N) is 1. The Kier molecular flexibility index (Phi) is 5.46. The fourth-order valence-corrected chi connectivity index (χ4v) is 3.25. The summed E-state index contributed by atoms with van der Waals surface area (Å²) in [5.41, 5.74) is 7.07. The van der Waals surface area contributed by atoms with Crippen LogP contribution in [0, 0.1) is 5.92 Å².